The average molecular weight is 379 g/mol. The number of halogens is 1. The molecule has 1 aromatic rings. The maximum Gasteiger partial charge on any atom is 0.334 e. The molecule has 0 N–H and O–H groups in total. The highest BCUT2D eigenvalue weighted by Gasteiger charge is 2.48. The van der Waals surface area contributed by atoms with Gasteiger partial charge in [-0.15, -0.1) is 0 Å². The van der Waals surface area contributed by atoms with Gasteiger partial charge < -0.3 is 0 Å². The van der Waals surface area contributed by atoms with E-state index in [-0.39, 0.29) is 18.5 Å². The summed E-state index contributed by atoms with van der Waals surface area (Å²) in [5, 5.41) is 0. The van der Waals surface area contributed by atoms with Crippen molar-refractivity contribution in [2.75, 3.05) is 0 Å². The van der Waals surface area contributed by atoms with Crippen molar-refractivity contribution in [3.8, 4) is 0 Å². The summed E-state index contributed by atoms with van der Waals surface area (Å²) in [7, 11) is 0. The Morgan fingerprint density at radius 2 is 1.70 bits per heavy atom. The van der Waals surface area contributed by atoms with E-state index >= 15 is 0 Å². The molecule has 3 rings (SSSR count). The van der Waals surface area contributed by atoms with Gasteiger partial charge >= 0.3 is 17.8 Å². The second kappa shape index (κ2) is 6.43. The maximum absolute atomic E-state index is 12.6. The Hall–Kier alpha value is -1.69. The van der Waals surface area contributed by atoms with E-state index in [1.165, 1.54) is 4.90 Å². The zero-order valence-corrected chi connectivity index (χ0v) is 14.6. The van der Waals surface area contributed by atoms with Crippen molar-refractivity contribution in [2.24, 2.45) is 5.92 Å². The molecule has 0 bridgehead atoms. The summed E-state index contributed by atoms with van der Waals surface area (Å²) >= 11 is 3.35. The van der Waals surface area contributed by atoms with Crippen LogP contribution in [0.4, 0.5) is 4.79 Å². The van der Waals surface area contributed by atoms with Crippen LogP contribution in [-0.4, -0.2) is 33.7 Å². The molecular formula is C17H19BrN2O3. The van der Waals surface area contributed by atoms with Gasteiger partial charge in [0.1, 0.15) is 0 Å². The lowest BCUT2D eigenvalue weighted by Gasteiger charge is -2.34. The van der Waals surface area contributed by atoms with E-state index in [0.29, 0.717) is 0 Å². The van der Waals surface area contributed by atoms with Gasteiger partial charge in [0, 0.05) is 10.5 Å². The van der Waals surface area contributed by atoms with E-state index in [4.69, 9.17) is 0 Å². The fraction of sp³-hybridized carbons (Fsp3) is 0.471. The average Bonchev–Trinajstić information content (AvgIpc) is 2.74. The normalized spacial score (nSPS) is 25.4. The standard InChI is InChI=1S/C17H19BrN2O3/c1-11-4-2-3-5-14(11)20-16(22)15(21)19(17(20)23)10-12-6-8-13(18)9-7-12/h6-9,11,14H,2-5,10H2,1H3/t11-,14+/m1/s1. The molecule has 1 saturated heterocycles. The number of benzene rings is 1. The minimum atomic E-state index is -0.712. The molecule has 2 atom stereocenters. The number of rotatable bonds is 3. The van der Waals surface area contributed by atoms with Crippen LogP contribution in [-0.2, 0) is 16.1 Å². The lowest BCUT2D eigenvalue weighted by atomic mass is 9.85. The quantitative estimate of drug-likeness (QED) is 0.598. The lowest BCUT2D eigenvalue weighted by Crippen LogP contribution is -2.46. The summed E-state index contributed by atoms with van der Waals surface area (Å²) in [5.41, 5.74) is 0.821. The highest BCUT2D eigenvalue weighted by Crippen LogP contribution is 2.31. The summed E-state index contributed by atoms with van der Waals surface area (Å²) in [6.07, 6.45) is 3.89. The summed E-state index contributed by atoms with van der Waals surface area (Å²) in [6.45, 7) is 2.18. The van der Waals surface area contributed by atoms with Crippen LogP contribution in [0, 0.1) is 5.92 Å². The molecule has 1 saturated carbocycles. The van der Waals surface area contributed by atoms with Gasteiger partial charge in [0.2, 0.25) is 0 Å². The van der Waals surface area contributed by atoms with Crippen molar-refractivity contribution in [1.82, 2.24) is 9.80 Å². The minimum Gasteiger partial charge on any atom is -0.263 e. The predicted octanol–water partition coefficient (Wildman–Crippen LogP) is 3.32. The zero-order valence-electron chi connectivity index (χ0n) is 13.0. The van der Waals surface area contributed by atoms with E-state index in [1.807, 2.05) is 31.2 Å². The van der Waals surface area contributed by atoms with E-state index in [1.54, 1.807) is 0 Å². The van der Waals surface area contributed by atoms with Crippen LogP contribution in [0.5, 0.6) is 0 Å². The third-order valence-corrected chi connectivity index (χ3v) is 5.26. The van der Waals surface area contributed by atoms with Crippen molar-refractivity contribution in [1.29, 1.82) is 0 Å². The number of carbonyl (C=O) groups is 3. The Morgan fingerprint density at radius 3 is 2.35 bits per heavy atom. The van der Waals surface area contributed by atoms with Crippen LogP contribution in [0.15, 0.2) is 28.7 Å². The van der Waals surface area contributed by atoms with E-state index in [2.05, 4.69) is 15.9 Å². The Labute approximate surface area is 143 Å². The van der Waals surface area contributed by atoms with E-state index in [9.17, 15) is 14.4 Å². The third-order valence-electron chi connectivity index (χ3n) is 4.74. The maximum atomic E-state index is 12.6. The molecule has 122 valence electrons. The van der Waals surface area contributed by atoms with E-state index < -0.39 is 17.8 Å². The molecule has 2 fully saturated rings. The molecule has 0 spiro atoms. The van der Waals surface area contributed by atoms with Crippen molar-refractivity contribution >= 4 is 33.8 Å². The fourth-order valence-corrected chi connectivity index (χ4v) is 3.67. The van der Waals surface area contributed by atoms with Gasteiger partial charge in [0.05, 0.1) is 6.54 Å². The second-order valence-corrected chi connectivity index (χ2v) is 7.22. The topological polar surface area (TPSA) is 57.7 Å². The first-order chi connectivity index (χ1) is 11.0. The first-order valence-electron chi connectivity index (χ1n) is 7.92. The van der Waals surface area contributed by atoms with Gasteiger partial charge in [0.15, 0.2) is 0 Å². The van der Waals surface area contributed by atoms with Crippen molar-refractivity contribution in [3.63, 3.8) is 0 Å². The molecule has 0 unspecified atom stereocenters. The SMILES string of the molecule is C[C@@H]1CCCC[C@@H]1N1C(=O)C(=O)N(Cc2ccc(Br)cc2)C1=O. The molecule has 0 radical (unpaired) electrons. The third kappa shape index (κ3) is 3.04. The van der Waals surface area contributed by atoms with Gasteiger partial charge in [-0.2, -0.15) is 0 Å². The molecular weight excluding hydrogens is 360 g/mol. The van der Waals surface area contributed by atoms with Crippen LogP contribution in [0.25, 0.3) is 0 Å². The van der Waals surface area contributed by atoms with Gasteiger partial charge in [-0.25, -0.2) is 4.79 Å². The summed E-state index contributed by atoms with van der Waals surface area (Å²) < 4.78 is 0.925. The monoisotopic (exact) mass is 378 g/mol. The Morgan fingerprint density at radius 1 is 1.04 bits per heavy atom. The molecule has 1 aromatic carbocycles. The van der Waals surface area contributed by atoms with Gasteiger partial charge in [0.25, 0.3) is 0 Å². The zero-order chi connectivity index (χ0) is 16.6. The molecule has 1 heterocycles. The van der Waals surface area contributed by atoms with Crippen molar-refractivity contribution in [2.45, 2.75) is 45.2 Å². The number of hydrogen-bond acceptors (Lipinski definition) is 3. The van der Waals surface area contributed by atoms with Crippen LogP contribution in [0.1, 0.15) is 38.2 Å². The summed E-state index contributed by atoms with van der Waals surface area (Å²) in [4.78, 5) is 39.5. The van der Waals surface area contributed by atoms with Crippen molar-refractivity contribution in [3.05, 3.63) is 34.3 Å². The molecule has 2 aliphatic rings. The molecule has 0 aromatic heterocycles. The fourth-order valence-electron chi connectivity index (χ4n) is 3.41. The number of urea groups is 1. The Balaban J connectivity index is 1.80. The number of amides is 4. The Bertz CT molecular complexity index is 644. The lowest BCUT2D eigenvalue weighted by molar-refractivity contribution is -0.144. The highest BCUT2D eigenvalue weighted by molar-refractivity contribution is 9.10. The molecule has 6 heteroatoms. The van der Waals surface area contributed by atoms with Gasteiger partial charge in [-0.1, -0.05) is 47.8 Å². The number of nitrogens with zero attached hydrogens (tertiary/aromatic N) is 2. The number of hydrogen-bond donors (Lipinski definition) is 0. The molecule has 5 nitrogen and oxygen atoms in total. The summed E-state index contributed by atoms with van der Waals surface area (Å²) in [5.74, 6) is -1.14. The van der Waals surface area contributed by atoms with Gasteiger partial charge in [-0.05, 0) is 36.5 Å². The first kappa shape index (κ1) is 16.2. The minimum absolute atomic E-state index is 0.133. The first-order valence-corrected chi connectivity index (χ1v) is 8.72. The Kier molecular flexibility index (Phi) is 4.53. The van der Waals surface area contributed by atoms with Crippen LogP contribution < -0.4 is 0 Å². The summed E-state index contributed by atoms with van der Waals surface area (Å²) in [6, 6.07) is 6.75. The van der Waals surface area contributed by atoms with Crippen LogP contribution >= 0.6 is 15.9 Å². The molecule has 1 aliphatic carbocycles. The highest BCUT2D eigenvalue weighted by atomic mass is 79.9. The number of carbonyl (C=O) groups excluding carboxylic acids is 3. The number of imide groups is 2. The largest absolute Gasteiger partial charge is 0.334 e. The smallest absolute Gasteiger partial charge is 0.263 e. The van der Waals surface area contributed by atoms with Crippen LogP contribution in [0.3, 0.4) is 0 Å². The van der Waals surface area contributed by atoms with E-state index in [0.717, 1.165) is 40.6 Å². The van der Waals surface area contributed by atoms with Crippen LogP contribution in [0.2, 0.25) is 0 Å². The molecule has 4 amide bonds. The molecule has 23 heavy (non-hydrogen) atoms. The predicted molar refractivity (Wildman–Crippen MR) is 88.4 cm³/mol. The second-order valence-electron chi connectivity index (χ2n) is 6.30. The van der Waals surface area contributed by atoms with Gasteiger partial charge in [-0.3, -0.25) is 19.4 Å². The molecule has 1 aliphatic heterocycles. The van der Waals surface area contributed by atoms with Crippen molar-refractivity contribution < 1.29 is 14.4 Å².